The van der Waals surface area contributed by atoms with Gasteiger partial charge in [-0.25, -0.2) is 24.9 Å². The Bertz CT molecular complexity index is 3750. The van der Waals surface area contributed by atoms with Crippen LogP contribution in [0.25, 0.3) is 68.1 Å². The smallest absolute Gasteiger partial charge is 0.179 e. The second-order valence-electron chi connectivity index (χ2n) is 19.9. The third-order valence-corrected chi connectivity index (χ3v) is 24.8. The second-order valence-corrected chi connectivity index (χ2v) is 27.6. The number of rotatable bonds is 14. The lowest BCUT2D eigenvalue weighted by molar-refractivity contribution is 1.07. The van der Waals surface area contributed by atoms with E-state index >= 15 is 0 Å². The van der Waals surface area contributed by atoms with E-state index in [-0.39, 0.29) is 0 Å². The molecule has 0 unspecified atom stereocenters. The van der Waals surface area contributed by atoms with E-state index in [4.69, 9.17) is 24.9 Å². The van der Waals surface area contributed by atoms with Gasteiger partial charge in [-0.1, -0.05) is 309 Å². The molecule has 2 heterocycles. The first kappa shape index (κ1) is 49.5. The first-order valence-electron chi connectivity index (χ1n) is 27.1. The summed E-state index contributed by atoms with van der Waals surface area (Å²) in [6.07, 6.45) is 0. The van der Waals surface area contributed by atoms with E-state index < -0.39 is 16.1 Å². The average molecular weight is 1060 g/mol. The minimum atomic E-state index is -2.87. The summed E-state index contributed by atoms with van der Waals surface area (Å²) in [7, 11) is -5.71. The van der Waals surface area contributed by atoms with Crippen molar-refractivity contribution < 1.29 is 0 Å². The number of nitrogens with zero attached hydrogens (tertiary/aromatic N) is 5. The fraction of sp³-hybridized carbons (Fsp3) is 0. The van der Waals surface area contributed by atoms with Gasteiger partial charge in [-0.3, -0.25) is 0 Å². The molecule has 0 spiro atoms. The van der Waals surface area contributed by atoms with E-state index in [1.54, 1.807) is 0 Å². The highest BCUT2D eigenvalue weighted by molar-refractivity contribution is 7.20. The summed E-state index contributed by atoms with van der Waals surface area (Å²) in [5.74, 6) is 2.32. The zero-order chi connectivity index (χ0) is 53.6. The van der Waals surface area contributed by atoms with E-state index in [1.807, 2.05) is 24.3 Å². The molecule has 0 amide bonds. The lowest BCUT2D eigenvalue weighted by atomic mass is 10.1. The summed E-state index contributed by atoms with van der Waals surface area (Å²) >= 11 is 0. The van der Waals surface area contributed by atoms with Crippen LogP contribution < -0.4 is 41.5 Å². The Morgan fingerprint density at radius 2 is 0.400 bits per heavy atom. The summed E-state index contributed by atoms with van der Waals surface area (Å²) in [5.41, 5.74) is 7.13. The zero-order valence-electron chi connectivity index (χ0n) is 43.8. The lowest BCUT2D eigenvalue weighted by Gasteiger charge is -2.34. The minimum Gasteiger partial charge on any atom is -0.228 e. The fourth-order valence-electron chi connectivity index (χ4n) is 11.6. The van der Waals surface area contributed by atoms with E-state index in [9.17, 15) is 0 Å². The van der Waals surface area contributed by atoms with Crippen molar-refractivity contribution in [3.05, 3.63) is 322 Å². The van der Waals surface area contributed by atoms with Crippen molar-refractivity contribution in [2.24, 2.45) is 0 Å². The Hall–Kier alpha value is -10.1. The molecule has 11 aromatic carbocycles. The van der Waals surface area contributed by atoms with Gasteiger partial charge >= 0.3 is 0 Å². The van der Waals surface area contributed by atoms with Crippen molar-refractivity contribution in [3.8, 4) is 68.1 Å². The third-order valence-electron chi connectivity index (χ3n) is 15.2. The highest BCUT2D eigenvalue weighted by atomic mass is 28.3. The highest BCUT2D eigenvalue weighted by Crippen LogP contribution is 2.31. The Balaban J connectivity index is 0.960. The van der Waals surface area contributed by atoms with E-state index in [1.165, 1.54) is 41.5 Å². The van der Waals surface area contributed by atoms with Gasteiger partial charge in [0, 0.05) is 33.4 Å². The number of hydrogen-bond donors (Lipinski definition) is 0. The molecular formula is C73H53N5Si2. The molecule has 0 aliphatic heterocycles. The SMILES string of the molecule is c1ccc(-c2cc(-c3cccc([Si](c4ccccc4)(c4ccccc4)c4ccccc4)c3)nc(-c3cccc(-c4nc(-c5ccccc5)nc(-c5cccc([Si](c6ccccc6)(c6ccccc6)c6ccccc6)c5)n4)c3)n2)cc1. The van der Waals surface area contributed by atoms with Crippen molar-refractivity contribution in [3.63, 3.8) is 0 Å². The number of aromatic nitrogens is 5. The maximum Gasteiger partial charge on any atom is 0.179 e. The van der Waals surface area contributed by atoms with E-state index in [0.29, 0.717) is 23.3 Å². The van der Waals surface area contributed by atoms with Gasteiger partial charge in [-0.15, -0.1) is 0 Å². The van der Waals surface area contributed by atoms with Crippen LogP contribution in [0.2, 0.25) is 0 Å². The van der Waals surface area contributed by atoms with Crippen molar-refractivity contribution >= 4 is 57.6 Å². The van der Waals surface area contributed by atoms with Crippen LogP contribution in [0.15, 0.2) is 322 Å². The summed E-state index contributed by atoms with van der Waals surface area (Å²) in [4.78, 5) is 26.7. The van der Waals surface area contributed by atoms with Gasteiger partial charge in [0.1, 0.15) is 0 Å². The molecule has 80 heavy (non-hydrogen) atoms. The monoisotopic (exact) mass is 1060 g/mol. The van der Waals surface area contributed by atoms with E-state index in [0.717, 1.165) is 44.8 Å². The highest BCUT2D eigenvalue weighted by Gasteiger charge is 2.43. The zero-order valence-corrected chi connectivity index (χ0v) is 45.8. The van der Waals surface area contributed by atoms with Gasteiger partial charge in [0.05, 0.1) is 11.4 Å². The Labute approximate surface area is 469 Å². The topological polar surface area (TPSA) is 64.5 Å². The Kier molecular flexibility index (Phi) is 13.7. The largest absolute Gasteiger partial charge is 0.228 e. The van der Waals surface area contributed by atoms with Crippen LogP contribution >= 0.6 is 0 Å². The molecule has 5 nitrogen and oxygen atoms in total. The van der Waals surface area contributed by atoms with Gasteiger partial charge < -0.3 is 0 Å². The molecule has 378 valence electrons. The van der Waals surface area contributed by atoms with Crippen molar-refractivity contribution in [1.29, 1.82) is 0 Å². The fourth-order valence-corrected chi connectivity index (χ4v) is 21.2. The maximum absolute atomic E-state index is 5.47. The molecule has 2 aromatic heterocycles. The molecule has 0 aliphatic rings. The Morgan fingerprint density at radius 3 is 0.775 bits per heavy atom. The molecule has 13 rings (SSSR count). The van der Waals surface area contributed by atoms with E-state index in [2.05, 4.69) is 297 Å². The summed E-state index contributed by atoms with van der Waals surface area (Å²) in [6.45, 7) is 0. The van der Waals surface area contributed by atoms with Crippen LogP contribution in [0.5, 0.6) is 0 Å². The molecule has 0 atom stereocenters. The summed E-state index contributed by atoms with van der Waals surface area (Å²) < 4.78 is 0. The van der Waals surface area contributed by atoms with Crippen LogP contribution in [0.4, 0.5) is 0 Å². The molecule has 0 aliphatic carbocycles. The molecule has 0 bridgehead atoms. The second kappa shape index (κ2) is 22.1. The molecule has 0 saturated carbocycles. The molecular weight excluding hydrogens is 1000 g/mol. The quantitative estimate of drug-likeness (QED) is 0.0802. The predicted octanol–water partition coefficient (Wildman–Crippen LogP) is 11.4. The van der Waals surface area contributed by atoms with Crippen LogP contribution in [-0.2, 0) is 0 Å². The molecule has 13 aromatic rings. The molecule has 0 fully saturated rings. The maximum atomic E-state index is 5.47. The third kappa shape index (κ3) is 9.40. The minimum absolute atomic E-state index is 0.551. The van der Waals surface area contributed by atoms with Crippen molar-refractivity contribution in [1.82, 2.24) is 24.9 Å². The van der Waals surface area contributed by atoms with Crippen molar-refractivity contribution in [2.45, 2.75) is 0 Å². The number of hydrogen-bond acceptors (Lipinski definition) is 5. The van der Waals surface area contributed by atoms with Crippen LogP contribution in [0.1, 0.15) is 0 Å². The molecule has 0 radical (unpaired) electrons. The molecule has 0 N–H and O–H groups in total. The standard InChI is InChI=1S/C73H53N5Si2/c1-9-28-54(29-10-1)68-53-69(56-32-26-48-66(51-56)79(60-36-13-3-14-37-60,61-38-15-4-16-39-61)62-40-17-5-18-41-62)75-71(74-68)57-33-25-34-58(50-57)72-76-70(55-30-11-2-12-31-55)77-73(78-72)59-35-27-49-67(52-59)80(63-42-19-6-20-43-63,64-44-21-7-22-45-64)65-46-23-8-24-47-65/h1-53H. The van der Waals surface area contributed by atoms with Gasteiger partial charge in [-0.2, -0.15) is 0 Å². The lowest BCUT2D eigenvalue weighted by Crippen LogP contribution is -2.74. The first-order chi connectivity index (χ1) is 39.6. The normalized spacial score (nSPS) is 11.5. The molecule has 7 heteroatoms. The summed E-state index contributed by atoms with van der Waals surface area (Å²) in [6, 6.07) is 115. The molecule has 0 saturated heterocycles. The van der Waals surface area contributed by atoms with Crippen molar-refractivity contribution in [2.75, 3.05) is 0 Å². The van der Waals surface area contributed by atoms with Crippen LogP contribution in [0.3, 0.4) is 0 Å². The Morgan fingerprint density at radius 1 is 0.163 bits per heavy atom. The summed E-state index contributed by atoms with van der Waals surface area (Å²) in [5, 5.41) is 10.3. The van der Waals surface area contributed by atoms with Gasteiger partial charge in [0.25, 0.3) is 0 Å². The first-order valence-corrected chi connectivity index (χ1v) is 31.1. The average Bonchev–Trinajstić information content (AvgIpc) is 3.69. The van der Waals surface area contributed by atoms with Crippen LogP contribution in [0, 0.1) is 0 Å². The van der Waals surface area contributed by atoms with Gasteiger partial charge in [0.15, 0.2) is 39.4 Å². The van der Waals surface area contributed by atoms with Gasteiger partial charge in [0.2, 0.25) is 0 Å². The van der Waals surface area contributed by atoms with Gasteiger partial charge in [-0.05, 0) is 53.6 Å². The number of benzene rings is 11. The predicted molar refractivity (Wildman–Crippen MR) is 335 cm³/mol. The van der Waals surface area contributed by atoms with Crippen LogP contribution in [-0.4, -0.2) is 41.1 Å².